The zero-order valence-corrected chi connectivity index (χ0v) is 11.3. The van der Waals surface area contributed by atoms with E-state index in [0.717, 1.165) is 19.5 Å². The van der Waals surface area contributed by atoms with Crippen LogP contribution in [0, 0.1) is 15.5 Å². The number of aromatic nitrogens is 2. The monoisotopic (exact) mass is 268 g/mol. The molecule has 7 heteroatoms. The lowest BCUT2D eigenvalue weighted by Crippen LogP contribution is -2.34. The Kier molecular flexibility index (Phi) is 3.86. The highest BCUT2D eigenvalue weighted by molar-refractivity contribution is 5.20. The van der Waals surface area contributed by atoms with E-state index in [-0.39, 0.29) is 12.2 Å². The zero-order valence-electron chi connectivity index (χ0n) is 11.3. The Balaban J connectivity index is 1.84. The molecule has 0 radical (unpaired) electrons. The summed E-state index contributed by atoms with van der Waals surface area (Å²) in [5.41, 5.74) is 0.263. The first-order chi connectivity index (χ1) is 8.85. The summed E-state index contributed by atoms with van der Waals surface area (Å²) in [5, 5.41) is 24.4. The molecule has 1 atom stereocenters. The van der Waals surface area contributed by atoms with Gasteiger partial charge in [0.15, 0.2) is 0 Å². The highest BCUT2D eigenvalue weighted by Crippen LogP contribution is 2.28. The van der Waals surface area contributed by atoms with Crippen LogP contribution in [0.3, 0.4) is 0 Å². The molecule has 1 unspecified atom stereocenters. The van der Waals surface area contributed by atoms with Crippen LogP contribution >= 0.6 is 0 Å². The SMILES string of the molecule is CC1(C)CCN(CC(O)Cn2cc([N+](=O)[O-])cn2)C1. The highest BCUT2D eigenvalue weighted by Gasteiger charge is 2.30. The van der Waals surface area contributed by atoms with Crippen LogP contribution in [-0.2, 0) is 6.54 Å². The van der Waals surface area contributed by atoms with Crippen molar-refractivity contribution in [1.29, 1.82) is 0 Å². The minimum absolute atomic E-state index is 0.0468. The predicted molar refractivity (Wildman–Crippen MR) is 69.7 cm³/mol. The van der Waals surface area contributed by atoms with Crippen LogP contribution in [-0.4, -0.2) is 50.4 Å². The third-order valence-electron chi connectivity index (χ3n) is 3.45. The Morgan fingerprint density at radius 3 is 2.84 bits per heavy atom. The summed E-state index contributed by atoms with van der Waals surface area (Å²) in [7, 11) is 0. The maximum absolute atomic E-state index is 10.5. The Bertz CT molecular complexity index is 458. The molecule has 2 heterocycles. The van der Waals surface area contributed by atoms with Crippen LogP contribution in [0.25, 0.3) is 0 Å². The molecular formula is C12H20N4O3. The normalized spacial score (nSPS) is 20.6. The molecule has 1 aromatic rings. The number of nitro groups is 1. The molecule has 1 aliphatic heterocycles. The van der Waals surface area contributed by atoms with Gasteiger partial charge in [0.05, 0.1) is 17.6 Å². The molecule has 19 heavy (non-hydrogen) atoms. The zero-order chi connectivity index (χ0) is 14.0. The van der Waals surface area contributed by atoms with Crippen molar-refractivity contribution in [1.82, 2.24) is 14.7 Å². The smallest absolute Gasteiger partial charge is 0.306 e. The molecule has 1 saturated heterocycles. The van der Waals surface area contributed by atoms with E-state index in [4.69, 9.17) is 0 Å². The molecule has 0 amide bonds. The molecule has 7 nitrogen and oxygen atoms in total. The van der Waals surface area contributed by atoms with Crippen LogP contribution in [0.15, 0.2) is 12.4 Å². The van der Waals surface area contributed by atoms with E-state index >= 15 is 0 Å². The molecule has 0 aromatic carbocycles. The van der Waals surface area contributed by atoms with Crippen LogP contribution in [0.2, 0.25) is 0 Å². The van der Waals surface area contributed by atoms with E-state index in [2.05, 4.69) is 23.8 Å². The number of hydrogen-bond acceptors (Lipinski definition) is 5. The number of β-amino-alcohol motifs (C(OH)–C–C–N with tert-alkyl or cyclic N) is 1. The topological polar surface area (TPSA) is 84.4 Å². The van der Waals surface area contributed by atoms with Crippen molar-refractivity contribution in [3.63, 3.8) is 0 Å². The average Bonchev–Trinajstić information content (AvgIpc) is 2.85. The Morgan fingerprint density at radius 2 is 2.32 bits per heavy atom. The minimum atomic E-state index is -0.562. The van der Waals surface area contributed by atoms with Gasteiger partial charge in [0.1, 0.15) is 12.4 Å². The highest BCUT2D eigenvalue weighted by atomic mass is 16.6. The summed E-state index contributed by atoms with van der Waals surface area (Å²) in [4.78, 5) is 12.3. The molecule has 0 spiro atoms. The number of nitrogens with zero attached hydrogens (tertiary/aromatic N) is 4. The Hall–Kier alpha value is -1.47. The fraction of sp³-hybridized carbons (Fsp3) is 0.750. The van der Waals surface area contributed by atoms with Crippen LogP contribution < -0.4 is 0 Å². The number of likely N-dealkylation sites (tertiary alicyclic amines) is 1. The fourth-order valence-electron chi connectivity index (χ4n) is 2.50. The number of rotatable bonds is 5. The van der Waals surface area contributed by atoms with Gasteiger partial charge in [0.2, 0.25) is 0 Å². The van der Waals surface area contributed by atoms with E-state index in [0.29, 0.717) is 12.0 Å². The number of hydrogen-bond donors (Lipinski definition) is 1. The van der Waals surface area contributed by atoms with Crippen molar-refractivity contribution in [2.45, 2.75) is 32.9 Å². The standard InChI is InChI=1S/C12H20N4O3/c1-12(2)3-4-14(9-12)7-11(17)8-15-6-10(5-13-15)16(18)19/h5-6,11,17H,3-4,7-9H2,1-2H3. The van der Waals surface area contributed by atoms with Gasteiger partial charge in [-0.05, 0) is 18.4 Å². The predicted octanol–water partition coefficient (Wildman–Crippen LogP) is 0.884. The average molecular weight is 268 g/mol. The van der Waals surface area contributed by atoms with Gasteiger partial charge < -0.3 is 10.0 Å². The van der Waals surface area contributed by atoms with Crippen LogP contribution in [0.4, 0.5) is 5.69 Å². The van der Waals surface area contributed by atoms with E-state index in [1.807, 2.05) is 0 Å². The van der Waals surface area contributed by atoms with Crippen molar-refractivity contribution in [3.8, 4) is 0 Å². The van der Waals surface area contributed by atoms with E-state index in [1.165, 1.54) is 17.1 Å². The third kappa shape index (κ3) is 3.74. The lowest BCUT2D eigenvalue weighted by molar-refractivity contribution is -0.385. The Morgan fingerprint density at radius 1 is 1.58 bits per heavy atom. The van der Waals surface area contributed by atoms with E-state index in [1.54, 1.807) is 0 Å². The second-order valence-corrected chi connectivity index (χ2v) is 5.98. The summed E-state index contributed by atoms with van der Waals surface area (Å²) in [6.07, 6.45) is 3.11. The molecular weight excluding hydrogens is 248 g/mol. The molecule has 0 saturated carbocycles. The summed E-state index contributed by atoms with van der Waals surface area (Å²) in [6.45, 7) is 7.26. The van der Waals surface area contributed by atoms with E-state index in [9.17, 15) is 15.2 Å². The van der Waals surface area contributed by atoms with Crippen molar-refractivity contribution < 1.29 is 10.0 Å². The molecule has 1 fully saturated rings. The first-order valence-corrected chi connectivity index (χ1v) is 6.43. The van der Waals surface area contributed by atoms with Gasteiger partial charge in [-0.1, -0.05) is 13.8 Å². The number of aliphatic hydroxyl groups excluding tert-OH is 1. The number of aliphatic hydroxyl groups is 1. The summed E-state index contributed by atoms with van der Waals surface area (Å²) >= 11 is 0. The summed E-state index contributed by atoms with van der Waals surface area (Å²) < 4.78 is 1.42. The minimum Gasteiger partial charge on any atom is -0.390 e. The van der Waals surface area contributed by atoms with Gasteiger partial charge in [0, 0.05) is 13.1 Å². The van der Waals surface area contributed by atoms with Crippen LogP contribution in [0.1, 0.15) is 20.3 Å². The quantitative estimate of drug-likeness (QED) is 0.633. The van der Waals surface area contributed by atoms with Crippen molar-refractivity contribution in [2.75, 3.05) is 19.6 Å². The van der Waals surface area contributed by atoms with Gasteiger partial charge in [0.25, 0.3) is 0 Å². The molecule has 0 bridgehead atoms. The lowest BCUT2D eigenvalue weighted by atomic mass is 9.93. The summed E-state index contributed by atoms with van der Waals surface area (Å²) in [5.74, 6) is 0. The summed E-state index contributed by atoms with van der Waals surface area (Å²) in [6, 6.07) is 0. The largest absolute Gasteiger partial charge is 0.390 e. The molecule has 2 rings (SSSR count). The second-order valence-electron chi connectivity index (χ2n) is 5.98. The van der Waals surface area contributed by atoms with E-state index < -0.39 is 11.0 Å². The maximum Gasteiger partial charge on any atom is 0.306 e. The first-order valence-electron chi connectivity index (χ1n) is 6.43. The molecule has 1 aromatic heterocycles. The van der Waals surface area contributed by atoms with Gasteiger partial charge in [-0.25, -0.2) is 0 Å². The lowest BCUT2D eigenvalue weighted by Gasteiger charge is -2.22. The molecule has 1 aliphatic rings. The molecule has 1 N–H and O–H groups in total. The molecule has 0 aliphatic carbocycles. The fourth-order valence-corrected chi connectivity index (χ4v) is 2.50. The molecule has 106 valence electrons. The maximum atomic E-state index is 10.5. The van der Waals surface area contributed by atoms with Gasteiger partial charge in [-0.2, -0.15) is 5.10 Å². The first kappa shape index (κ1) is 14.0. The third-order valence-corrected chi connectivity index (χ3v) is 3.45. The van der Waals surface area contributed by atoms with Gasteiger partial charge in [-0.3, -0.25) is 14.8 Å². The Labute approximate surface area is 112 Å². The van der Waals surface area contributed by atoms with Gasteiger partial charge in [-0.15, -0.1) is 0 Å². The van der Waals surface area contributed by atoms with Gasteiger partial charge >= 0.3 is 5.69 Å². The van der Waals surface area contributed by atoms with Crippen molar-refractivity contribution >= 4 is 5.69 Å². The second kappa shape index (κ2) is 5.26. The van der Waals surface area contributed by atoms with Crippen molar-refractivity contribution in [2.24, 2.45) is 5.41 Å². The van der Waals surface area contributed by atoms with Crippen molar-refractivity contribution in [3.05, 3.63) is 22.5 Å². The van der Waals surface area contributed by atoms with Crippen LogP contribution in [0.5, 0.6) is 0 Å².